The van der Waals surface area contributed by atoms with Crippen molar-refractivity contribution in [2.45, 2.75) is 45.4 Å². The fraction of sp³-hybridized carbons (Fsp3) is 0.471. The average molecular weight is 331 g/mol. The Morgan fingerprint density at radius 2 is 2.21 bits per heavy atom. The van der Waals surface area contributed by atoms with Crippen LogP contribution < -0.4 is 10.1 Å². The van der Waals surface area contributed by atoms with E-state index in [4.69, 9.17) is 14.0 Å². The van der Waals surface area contributed by atoms with Crippen LogP contribution in [0, 0.1) is 6.92 Å². The van der Waals surface area contributed by atoms with E-state index in [9.17, 15) is 4.79 Å². The molecule has 128 valence electrons. The zero-order valence-electron chi connectivity index (χ0n) is 13.8. The summed E-state index contributed by atoms with van der Waals surface area (Å²) in [6.07, 6.45) is 2.15. The first-order chi connectivity index (χ1) is 11.6. The van der Waals surface area contributed by atoms with Crippen molar-refractivity contribution in [1.29, 1.82) is 0 Å². The Hall–Kier alpha value is -2.41. The third-order valence-electron chi connectivity index (χ3n) is 3.94. The molecular formula is C17H21N3O4. The molecule has 2 atom stereocenters. The number of aromatic nitrogens is 2. The van der Waals surface area contributed by atoms with E-state index < -0.39 is 0 Å². The Kier molecular flexibility index (Phi) is 5.10. The standard InChI is InChI=1S/C17H21N3O4/c1-11(15-4-3-9-22-15)18-17(21)13-5-7-14(8-6-13)23-10-16-19-12(2)24-20-16/h5-8,11,15H,3-4,9-10H2,1-2H3,(H,18,21)/t11-,15-/m1/s1. The molecule has 2 aromatic rings. The molecule has 0 aliphatic carbocycles. The van der Waals surface area contributed by atoms with E-state index in [0.717, 1.165) is 19.4 Å². The molecule has 1 fully saturated rings. The van der Waals surface area contributed by atoms with Crippen molar-refractivity contribution in [3.05, 3.63) is 41.5 Å². The Morgan fingerprint density at radius 1 is 1.42 bits per heavy atom. The van der Waals surface area contributed by atoms with Gasteiger partial charge in [-0.3, -0.25) is 4.79 Å². The van der Waals surface area contributed by atoms with Gasteiger partial charge in [0.2, 0.25) is 11.7 Å². The molecule has 7 nitrogen and oxygen atoms in total. The Balaban J connectivity index is 1.52. The molecule has 3 rings (SSSR count). The largest absolute Gasteiger partial charge is 0.485 e. The smallest absolute Gasteiger partial charge is 0.251 e. The van der Waals surface area contributed by atoms with E-state index >= 15 is 0 Å². The summed E-state index contributed by atoms with van der Waals surface area (Å²) in [7, 11) is 0. The number of hydrogen-bond donors (Lipinski definition) is 1. The maximum Gasteiger partial charge on any atom is 0.251 e. The third kappa shape index (κ3) is 4.11. The van der Waals surface area contributed by atoms with Gasteiger partial charge >= 0.3 is 0 Å². The maximum atomic E-state index is 12.3. The van der Waals surface area contributed by atoms with Gasteiger partial charge in [0.1, 0.15) is 5.75 Å². The number of nitrogens with zero attached hydrogens (tertiary/aromatic N) is 2. The molecule has 0 unspecified atom stereocenters. The number of carbonyl (C=O) groups excluding carboxylic acids is 1. The van der Waals surface area contributed by atoms with Crippen LogP contribution in [0.25, 0.3) is 0 Å². The van der Waals surface area contributed by atoms with Gasteiger partial charge in [-0.05, 0) is 44.0 Å². The first-order valence-corrected chi connectivity index (χ1v) is 8.06. The Bertz CT molecular complexity index is 677. The number of benzene rings is 1. The number of amides is 1. The van der Waals surface area contributed by atoms with Crippen LogP contribution in [0.4, 0.5) is 0 Å². The molecule has 1 aromatic heterocycles. The second-order valence-corrected chi connectivity index (χ2v) is 5.86. The van der Waals surface area contributed by atoms with Gasteiger partial charge in [0, 0.05) is 19.1 Å². The highest BCUT2D eigenvalue weighted by molar-refractivity contribution is 5.94. The highest BCUT2D eigenvalue weighted by atomic mass is 16.5. The minimum Gasteiger partial charge on any atom is -0.485 e. The molecule has 1 N–H and O–H groups in total. The monoisotopic (exact) mass is 331 g/mol. The zero-order valence-corrected chi connectivity index (χ0v) is 13.8. The molecule has 0 bridgehead atoms. The van der Waals surface area contributed by atoms with Crippen LogP contribution in [0.2, 0.25) is 0 Å². The summed E-state index contributed by atoms with van der Waals surface area (Å²) in [6.45, 7) is 4.69. The van der Waals surface area contributed by atoms with Gasteiger partial charge < -0.3 is 19.3 Å². The predicted octanol–water partition coefficient (Wildman–Crippen LogP) is 2.25. The Labute approximate surface area is 140 Å². The molecule has 24 heavy (non-hydrogen) atoms. The van der Waals surface area contributed by atoms with Gasteiger partial charge in [-0.25, -0.2) is 0 Å². The maximum absolute atomic E-state index is 12.3. The highest BCUT2D eigenvalue weighted by Gasteiger charge is 2.23. The molecule has 1 aromatic carbocycles. The van der Waals surface area contributed by atoms with Crippen molar-refractivity contribution in [3.8, 4) is 5.75 Å². The van der Waals surface area contributed by atoms with Crippen LogP contribution in [-0.4, -0.2) is 34.8 Å². The first kappa shape index (κ1) is 16.4. The van der Waals surface area contributed by atoms with Gasteiger partial charge in [-0.15, -0.1) is 0 Å². The summed E-state index contributed by atoms with van der Waals surface area (Å²) in [5, 5.41) is 6.74. The number of carbonyl (C=O) groups is 1. The highest BCUT2D eigenvalue weighted by Crippen LogP contribution is 2.17. The lowest BCUT2D eigenvalue weighted by molar-refractivity contribution is 0.0712. The number of hydrogen-bond acceptors (Lipinski definition) is 6. The summed E-state index contributed by atoms with van der Waals surface area (Å²) in [6, 6.07) is 6.96. The van der Waals surface area contributed by atoms with Gasteiger partial charge in [-0.2, -0.15) is 4.98 Å². The molecule has 0 radical (unpaired) electrons. The molecule has 0 saturated carbocycles. The van der Waals surface area contributed by atoms with Crippen molar-refractivity contribution in [2.24, 2.45) is 0 Å². The molecule has 7 heteroatoms. The van der Waals surface area contributed by atoms with E-state index in [1.807, 2.05) is 6.92 Å². The van der Waals surface area contributed by atoms with Crippen LogP contribution in [-0.2, 0) is 11.3 Å². The van der Waals surface area contributed by atoms with Crippen LogP contribution in [0.5, 0.6) is 5.75 Å². The van der Waals surface area contributed by atoms with Crippen molar-refractivity contribution in [2.75, 3.05) is 6.61 Å². The summed E-state index contributed by atoms with van der Waals surface area (Å²) in [5.74, 6) is 1.51. The van der Waals surface area contributed by atoms with Crippen molar-refractivity contribution in [3.63, 3.8) is 0 Å². The van der Waals surface area contributed by atoms with Gasteiger partial charge in [0.25, 0.3) is 5.91 Å². The second-order valence-electron chi connectivity index (χ2n) is 5.86. The lowest BCUT2D eigenvalue weighted by Crippen LogP contribution is -2.40. The quantitative estimate of drug-likeness (QED) is 0.874. The van der Waals surface area contributed by atoms with Crippen LogP contribution in [0.15, 0.2) is 28.8 Å². The number of ether oxygens (including phenoxy) is 2. The number of aryl methyl sites for hydroxylation is 1. The second kappa shape index (κ2) is 7.44. The van der Waals surface area contributed by atoms with E-state index in [1.54, 1.807) is 31.2 Å². The summed E-state index contributed by atoms with van der Waals surface area (Å²) >= 11 is 0. The summed E-state index contributed by atoms with van der Waals surface area (Å²) in [5.41, 5.74) is 0.586. The lowest BCUT2D eigenvalue weighted by atomic mass is 10.1. The van der Waals surface area contributed by atoms with E-state index in [1.165, 1.54) is 0 Å². The molecule has 1 saturated heterocycles. The van der Waals surface area contributed by atoms with Gasteiger partial charge in [0.15, 0.2) is 6.61 Å². The van der Waals surface area contributed by atoms with Crippen LogP contribution >= 0.6 is 0 Å². The molecule has 1 amide bonds. The lowest BCUT2D eigenvalue weighted by Gasteiger charge is -2.20. The fourth-order valence-corrected chi connectivity index (χ4v) is 2.63. The molecule has 0 spiro atoms. The van der Waals surface area contributed by atoms with Gasteiger partial charge in [-0.1, -0.05) is 5.16 Å². The molecule has 2 heterocycles. The van der Waals surface area contributed by atoms with Gasteiger partial charge in [0.05, 0.1) is 12.1 Å². The summed E-state index contributed by atoms with van der Waals surface area (Å²) in [4.78, 5) is 16.3. The first-order valence-electron chi connectivity index (χ1n) is 8.06. The normalized spacial score (nSPS) is 18.3. The third-order valence-corrected chi connectivity index (χ3v) is 3.94. The van der Waals surface area contributed by atoms with Crippen LogP contribution in [0.3, 0.4) is 0 Å². The van der Waals surface area contributed by atoms with Crippen molar-refractivity contribution >= 4 is 5.91 Å². The molecule has 1 aliphatic rings. The topological polar surface area (TPSA) is 86.5 Å². The van der Waals surface area contributed by atoms with Crippen molar-refractivity contribution in [1.82, 2.24) is 15.5 Å². The minimum absolute atomic E-state index is 0.00240. The average Bonchev–Trinajstić information content (AvgIpc) is 3.25. The molecular weight excluding hydrogens is 310 g/mol. The predicted molar refractivity (Wildman–Crippen MR) is 85.7 cm³/mol. The number of nitrogens with one attached hydrogen (secondary N) is 1. The Morgan fingerprint density at radius 3 is 2.83 bits per heavy atom. The SMILES string of the molecule is Cc1nc(COc2ccc(C(=O)N[C@H](C)[C@H]3CCCO3)cc2)no1. The van der Waals surface area contributed by atoms with Crippen LogP contribution in [0.1, 0.15) is 41.8 Å². The fourth-order valence-electron chi connectivity index (χ4n) is 2.63. The van der Waals surface area contributed by atoms with Crippen molar-refractivity contribution < 1.29 is 18.8 Å². The van der Waals surface area contributed by atoms with E-state index in [0.29, 0.717) is 23.0 Å². The zero-order chi connectivity index (χ0) is 16.9. The summed E-state index contributed by atoms with van der Waals surface area (Å²) < 4.78 is 16.0. The molecule has 1 aliphatic heterocycles. The van der Waals surface area contributed by atoms with E-state index in [-0.39, 0.29) is 24.7 Å². The van der Waals surface area contributed by atoms with E-state index in [2.05, 4.69) is 15.5 Å². The number of rotatable bonds is 6. The minimum atomic E-state index is -0.113.